The zero-order valence-electron chi connectivity index (χ0n) is 8.72. The predicted octanol–water partition coefficient (Wildman–Crippen LogP) is 1.10. The van der Waals surface area contributed by atoms with Crippen molar-refractivity contribution in [2.75, 3.05) is 6.61 Å². The summed E-state index contributed by atoms with van der Waals surface area (Å²) in [4.78, 5) is 0. The Kier molecular flexibility index (Phi) is 4.58. The molecule has 3 nitrogen and oxygen atoms in total. The lowest BCUT2D eigenvalue weighted by Gasteiger charge is -2.36. The van der Waals surface area contributed by atoms with E-state index < -0.39 is 6.10 Å². The number of rotatable bonds is 4. The van der Waals surface area contributed by atoms with Gasteiger partial charge in [-0.3, -0.25) is 0 Å². The molecule has 1 saturated heterocycles. The van der Waals surface area contributed by atoms with Crippen molar-refractivity contribution in [1.82, 2.24) is 0 Å². The lowest BCUT2D eigenvalue weighted by Crippen LogP contribution is -2.41. The van der Waals surface area contributed by atoms with Gasteiger partial charge in [0.2, 0.25) is 0 Å². The first-order valence-corrected chi connectivity index (χ1v) is 5.24. The summed E-state index contributed by atoms with van der Waals surface area (Å²) in [6.45, 7) is 5.61. The first kappa shape index (κ1) is 11.7. The number of hydrogen-bond acceptors (Lipinski definition) is 3. The summed E-state index contributed by atoms with van der Waals surface area (Å²) in [5.74, 6) is 0.509. The van der Waals surface area contributed by atoms with Gasteiger partial charge < -0.3 is 14.9 Å². The summed E-state index contributed by atoms with van der Waals surface area (Å²) in [6.07, 6.45) is 3.73. The predicted molar refractivity (Wildman–Crippen MR) is 55.0 cm³/mol. The Balaban J connectivity index is 2.48. The van der Waals surface area contributed by atoms with Gasteiger partial charge in [-0.05, 0) is 25.2 Å². The number of aliphatic hydroxyl groups excluding tert-OH is 2. The van der Waals surface area contributed by atoms with Crippen LogP contribution in [0, 0.1) is 5.92 Å². The molecule has 0 amide bonds. The van der Waals surface area contributed by atoms with Gasteiger partial charge in [0, 0.05) is 0 Å². The molecule has 82 valence electrons. The summed E-state index contributed by atoms with van der Waals surface area (Å²) in [7, 11) is 0. The number of hydrogen-bond donors (Lipinski definition) is 2. The van der Waals surface area contributed by atoms with Crippen LogP contribution in [0.2, 0.25) is 0 Å². The van der Waals surface area contributed by atoms with Crippen LogP contribution in [0.5, 0.6) is 0 Å². The highest BCUT2D eigenvalue weighted by Crippen LogP contribution is 2.28. The van der Waals surface area contributed by atoms with Crippen LogP contribution in [-0.4, -0.2) is 35.1 Å². The van der Waals surface area contributed by atoms with Gasteiger partial charge in [-0.1, -0.05) is 13.0 Å². The van der Waals surface area contributed by atoms with Crippen molar-refractivity contribution in [2.45, 2.75) is 44.5 Å². The second kappa shape index (κ2) is 5.49. The van der Waals surface area contributed by atoms with Crippen LogP contribution in [0.25, 0.3) is 0 Å². The summed E-state index contributed by atoms with van der Waals surface area (Å²) in [6, 6.07) is 0. The summed E-state index contributed by atoms with van der Waals surface area (Å²) in [5.41, 5.74) is 0. The molecule has 1 rings (SSSR count). The average Bonchev–Trinajstić information content (AvgIpc) is 2.20. The molecule has 1 fully saturated rings. The van der Waals surface area contributed by atoms with Crippen molar-refractivity contribution >= 4 is 0 Å². The molecule has 3 heteroatoms. The van der Waals surface area contributed by atoms with Gasteiger partial charge in [-0.2, -0.15) is 0 Å². The minimum Gasteiger partial charge on any atom is -0.394 e. The average molecular weight is 200 g/mol. The van der Waals surface area contributed by atoms with E-state index in [0.29, 0.717) is 5.92 Å². The van der Waals surface area contributed by atoms with Crippen molar-refractivity contribution in [2.24, 2.45) is 5.92 Å². The topological polar surface area (TPSA) is 49.7 Å². The van der Waals surface area contributed by atoms with Gasteiger partial charge in [0.15, 0.2) is 0 Å². The molecule has 0 aromatic heterocycles. The fourth-order valence-corrected chi connectivity index (χ4v) is 1.89. The van der Waals surface area contributed by atoms with Crippen molar-refractivity contribution < 1.29 is 14.9 Å². The minimum absolute atomic E-state index is 0.146. The molecule has 0 aromatic carbocycles. The Morgan fingerprint density at radius 3 is 2.86 bits per heavy atom. The molecule has 2 N–H and O–H groups in total. The fraction of sp³-hybridized carbons (Fsp3) is 0.818. The quantitative estimate of drug-likeness (QED) is 0.668. The van der Waals surface area contributed by atoms with Gasteiger partial charge in [0.25, 0.3) is 0 Å². The monoisotopic (exact) mass is 200 g/mol. The van der Waals surface area contributed by atoms with E-state index >= 15 is 0 Å². The van der Waals surface area contributed by atoms with E-state index in [1.807, 2.05) is 6.08 Å². The molecule has 0 radical (unpaired) electrons. The van der Waals surface area contributed by atoms with Crippen molar-refractivity contribution in [3.63, 3.8) is 0 Å². The molecular formula is C11H20O3. The van der Waals surface area contributed by atoms with Crippen LogP contribution in [0.1, 0.15) is 26.2 Å². The van der Waals surface area contributed by atoms with E-state index in [1.54, 1.807) is 0 Å². The maximum atomic E-state index is 9.45. The van der Waals surface area contributed by atoms with E-state index in [4.69, 9.17) is 9.84 Å². The smallest absolute Gasteiger partial charge is 0.103 e. The first-order valence-electron chi connectivity index (χ1n) is 5.24. The molecule has 0 spiro atoms. The first-order chi connectivity index (χ1) is 6.69. The van der Waals surface area contributed by atoms with E-state index in [9.17, 15) is 5.11 Å². The highest BCUT2D eigenvalue weighted by molar-refractivity contribution is 4.84. The van der Waals surface area contributed by atoms with Gasteiger partial charge in [-0.15, -0.1) is 6.58 Å². The minimum atomic E-state index is -0.741. The molecule has 0 aliphatic carbocycles. The SMILES string of the molecule is C=CC[C@H]1O[C@@H](C(O)CO)CC[C@H]1C. The van der Waals surface area contributed by atoms with Crippen molar-refractivity contribution in [3.05, 3.63) is 12.7 Å². The highest BCUT2D eigenvalue weighted by Gasteiger charge is 2.31. The maximum absolute atomic E-state index is 9.45. The zero-order valence-corrected chi connectivity index (χ0v) is 8.72. The zero-order chi connectivity index (χ0) is 10.6. The highest BCUT2D eigenvalue weighted by atomic mass is 16.5. The normalized spacial score (nSPS) is 35.2. The lowest BCUT2D eigenvalue weighted by atomic mass is 9.90. The van der Waals surface area contributed by atoms with Gasteiger partial charge in [0.05, 0.1) is 18.8 Å². The Labute approximate surface area is 85.4 Å². The second-order valence-corrected chi connectivity index (χ2v) is 4.04. The standard InChI is InChI=1S/C11H20O3/c1-3-4-10-8(2)5-6-11(14-10)9(13)7-12/h3,8-13H,1,4-7H2,2H3/t8-,9?,10-,11-/m1/s1. The molecule has 0 saturated carbocycles. The fourth-order valence-electron chi connectivity index (χ4n) is 1.89. The summed E-state index contributed by atoms with van der Waals surface area (Å²) in [5, 5.41) is 18.3. The molecule has 1 unspecified atom stereocenters. The molecule has 0 aromatic rings. The summed E-state index contributed by atoms with van der Waals surface area (Å²) >= 11 is 0. The number of ether oxygens (including phenoxy) is 1. The van der Waals surface area contributed by atoms with Crippen LogP contribution in [0.15, 0.2) is 12.7 Å². The van der Waals surface area contributed by atoms with Crippen LogP contribution >= 0.6 is 0 Å². The third-order valence-electron chi connectivity index (χ3n) is 2.91. The lowest BCUT2D eigenvalue weighted by molar-refractivity contribution is -0.133. The molecule has 1 aliphatic rings. The second-order valence-electron chi connectivity index (χ2n) is 4.04. The molecule has 1 heterocycles. The number of aliphatic hydroxyl groups is 2. The van der Waals surface area contributed by atoms with Crippen molar-refractivity contribution in [3.8, 4) is 0 Å². The Hall–Kier alpha value is -0.380. The van der Waals surface area contributed by atoms with Crippen LogP contribution < -0.4 is 0 Å². The van der Waals surface area contributed by atoms with E-state index in [-0.39, 0.29) is 18.8 Å². The van der Waals surface area contributed by atoms with Crippen LogP contribution in [0.4, 0.5) is 0 Å². The van der Waals surface area contributed by atoms with Crippen LogP contribution in [0.3, 0.4) is 0 Å². The Bertz CT molecular complexity index is 181. The molecule has 14 heavy (non-hydrogen) atoms. The Morgan fingerprint density at radius 2 is 2.29 bits per heavy atom. The summed E-state index contributed by atoms with van der Waals surface area (Å²) < 4.78 is 5.71. The largest absolute Gasteiger partial charge is 0.394 e. The molecule has 4 atom stereocenters. The third kappa shape index (κ3) is 2.80. The Morgan fingerprint density at radius 1 is 1.57 bits per heavy atom. The van der Waals surface area contributed by atoms with E-state index in [2.05, 4.69) is 13.5 Å². The molecule has 1 aliphatic heterocycles. The van der Waals surface area contributed by atoms with Gasteiger partial charge >= 0.3 is 0 Å². The van der Waals surface area contributed by atoms with E-state index in [1.165, 1.54) is 0 Å². The van der Waals surface area contributed by atoms with Crippen LogP contribution in [-0.2, 0) is 4.74 Å². The maximum Gasteiger partial charge on any atom is 0.103 e. The van der Waals surface area contributed by atoms with Gasteiger partial charge in [0.1, 0.15) is 6.10 Å². The van der Waals surface area contributed by atoms with E-state index in [0.717, 1.165) is 19.3 Å². The van der Waals surface area contributed by atoms with Gasteiger partial charge in [-0.25, -0.2) is 0 Å². The third-order valence-corrected chi connectivity index (χ3v) is 2.91. The molecular weight excluding hydrogens is 180 g/mol. The molecule has 0 bridgehead atoms. The van der Waals surface area contributed by atoms with Crippen molar-refractivity contribution in [1.29, 1.82) is 0 Å².